The smallest absolute Gasteiger partial charge is 0.349 e. The van der Waals surface area contributed by atoms with E-state index in [2.05, 4.69) is 20.9 Å². The lowest BCUT2D eigenvalue weighted by molar-refractivity contribution is -0.121. The maximum atomic E-state index is 12.4. The van der Waals surface area contributed by atoms with Gasteiger partial charge in [0.05, 0.1) is 6.61 Å². The average Bonchev–Trinajstić information content (AvgIpc) is 2.77. The Hall–Kier alpha value is -3.12. The number of carbonyl (C=O) groups excluding carboxylic acids is 2. The first-order valence-electron chi connectivity index (χ1n) is 10.4. The zero-order valence-electron chi connectivity index (χ0n) is 18.1. The van der Waals surface area contributed by atoms with E-state index in [1.807, 2.05) is 0 Å². The van der Waals surface area contributed by atoms with Crippen molar-refractivity contribution in [3.05, 3.63) is 52.6 Å². The second-order valence-electron chi connectivity index (χ2n) is 7.60. The number of nitrogens with two attached hydrogens (primary N) is 2. The fraction of sp³-hybridized carbons (Fsp3) is 0.429. The molecule has 0 fully saturated rings. The van der Waals surface area contributed by atoms with E-state index in [9.17, 15) is 14.4 Å². The monoisotopic (exact) mass is 445 g/mol. The Morgan fingerprint density at radius 3 is 2.44 bits per heavy atom. The summed E-state index contributed by atoms with van der Waals surface area (Å²) < 4.78 is 1.48. The molecular weight excluding hydrogens is 414 g/mol. The number of amides is 2. The third-order valence-electron chi connectivity index (χ3n) is 4.68. The molecule has 2 amide bonds. The maximum Gasteiger partial charge on any atom is 0.349 e. The molecule has 2 rings (SSSR count). The standard InChI is InChI=1S/C21H31N7O4/c1-21(23,14-29)19(31)25-16-6-4-15(5-7-16)18(30)26-17-8-13-28(20(32)27-17)12-3-11-24-10-2-9-22/h4-8,13,24,29H,2-3,9-12,14,22-23H2,1H3,(H,25,31)(H,26,27,30,32). The van der Waals surface area contributed by atoms with Crippen LogP contribution in [0.25, 0.3) is 0 Å². The van der Waals surface area contributed by atoms with Gasteiger partial charge in [-0.3, -0.25) is 14.2 Å². The third-order valence-corrected chi connectivity index (χ3v) is 4.68. The van der Waals surface area contributed by atoms with Crippen molar-refractivity contribution in [2.24, 2.45) is 11.5 Å². The molecule has 0 aliphatic carbocycles. The Bertz CT molecular complexity index is 957. The zero-order chi connectivity index (χ0) is 23.6. The van der Waals surface area contributed by atoms with Gasteiger partial charge >= 0.3 is 5.69 Å². The van der Waals surface area contributed by atoms with Gasteiger partial charge < -0.3 is 32.5 Å². The molecule has 32 heavy (non-hydrogen) atoms. The van der Waals surface area contributed by atoms with Gasteiger partial charge in [-0.1, -0.05) is 0 Å². The van der Waals surface area contributed by atoms with Crippen LogP contribution in [0.5, 0.6) is 0 Å². The number of benzene rings is 1. The van der Waals surface area contributed by atoms with Gasteiger partial charge in [-0.15, -0.1) is 0 Å². The number of aliphatic hydroxyl groups is 1. The van der Waals surface area contributed by atoms with Crippen molar-refractivity contribution in [1.82, 2.24) is 14.9 Å². The summed E-state index contributed by atoms with van der Waals surface area (Å²) in [5.74, 6) is -0.847. The predicted octanol–water partition coefficient (Wildman–Crippen LogP) is -0.528. The van der Waals surface area contributed by atoms with E-state index in [0.29, 0.717) is 24.3 Å². The average molecular weight is 446 g/mol. The van der Waals surface area contributed by atoms with Crippen LogP contribution >= 0.6 is 0 Å². The Morgan fingerprint density at radius 2 is 1.81 bits per heavy atom. The number of rotatable bonds is 12. The summed E-state index contributed by atoms with van der Waals surface area (Å²) in [6, 6.07) is 7.65. The zero-order valence-corrected chi connectivity index (χ0v) is 18.1. The third kappa shape index (κ3) is 7.54. The Morgan fingerprint density at radius 1 is 1.12 bits per heavy atom. The number of aryl methyl sites for hydroxylation is 1. The number of hydrogen-bond donors (Lipinski definition) is 6. The van der Waals surface area contributed by atoms with Gasteiger partial charge in [-0.2, -0.15) is 4.98 Å². The van der Waals surface area contributed by atoms with Gasteiger partial charge in [-0.05, 0) is 69.7 Å². The van der Waals surface area contributed by atoms with Crippen LogP contribution in [-0.2, 0) is 11.3 Å². The van der Waals surface area contributed by atoms with Gasteiger partial charge in [0.2, 0.25) is 5.91 Å². The van der Waals surface area contributed by atoms with E-state index in [0.717, 1.165) is 25.9 Å². The van der Waals surface area contributed by atoms with E-state index in [-0.39, 0.29) is 5.82 Å². The molecule has 0 radical (unpaired) electrons. The van der Waals surface area contributed by atoms with Crippen LogP contribution in [0.1, 0.15) is 30.1 Å². The molecule has 0 saturated heterocycles. The van der Waals surface area contributed by atoms with Crippen LogP contribution in [0, 0.1) is 0 Å². The highest BCUT2D eigenvalue weighted by molar-refractivity contribution is 6.04. The summed E-state index contributed by atoms with van der Waals surface area (Å²) in [6.45, 7) is 3.68. The highest BCUT2D eigenvalue weighted by Crippen LogP contribution is 2.13. The lowest BCUT2D eigenvalue weighted by atomic mass is 10.0. The van der Waals surface area contributed by atoms with Gasteiger partial charge in [-0.25, -0.2) is 4.79 Å². The molecule has 11 nitrogen and oxygen atoms in total. The van der Waals surface area contributed by atoms with Crippen LogP contribution in [0.3, 0.4) is 0 Å². The number of nitrogens with one attached hydrogen (secondary N) is 3. The molecule has 8 N–H and O–H groups in total. The normalized spacial score (nSPS) is 12.8. The summed E-state index contributed by atoms with van der Waals surface area (Å²) in [4.78, 5) is 40.5. The molecule has 0 saturated carbocycles. The van der Waals surface area contributed by atoms with E-state index in [4.69, 9.17) is 16.6 Å². The Balaban J connectivity index is 1.90. The second-order valence-corrected chi connectivity index (χ2v) is 7.60. The van der Waals surface area contributed by atoms with Crippen LogP contribution in [0.2, 0.25) is 0 Å². The largest absolute Gasteiger partial charge is 0.394 e. The SMILES string of the molecule is CC(N)(CO)C(=O)Nc1ccc(C(=O)Nc2ccn(CCCNCCCN)c(=O)n2)cc1. The fourth-order valence-electron chi connectivity index (χ4n) is 2.63. The topological polar surface area (TPSA) is 177 Å². The maximum absolute atomic E-state index is 12.4. The second kappa shape index (κ2) is 12.1. The summed E-state index contributed by atoms with van der Waals surface area (Å²) in [5.41, 5.74) is 9.99. The molecule has 11 heteroatoms. The van der Waals surface area contributed by atoms with Crippen molar-refractivity contribution >= 4 is 23.3 Å². The quantitative estimate of drug-likeness (QED) is 0.236. The minimum absolute atomic E-state index is 0.150. The molecule has 1 unspecified atom stereocenters. The first-order chi connectivity index (χ1) is 15.3. The van der Waals surface area contributed by atoms with Crippen LogP contribution in [0.4, 0.5) is 11.5 Å². The molecule has 1 heterocycles. The van der Waals surface area contributed by atoms with Crippen LogP contribution in [0.15, 0.2) is 41.3 Å². The van der Waals surface area contributed by atoms with Crippen molar-refractivity contribution in [3.8, 4) is 0 Å². The molecule has 0 aliphatic heterocycles. The highest BCUT2D eigenvalue weighted by atomic mass is 16.3. The minimum Gasteiger partial charge on any atom is -0.394 e. The summed E-state index contributed by atoms with van der Waals surface area (Å²) in [6.07, 6.45) is 3.26. The molecule has 0 bridgehead atoms. The molecule has 0 spiro atoms. The van der Waals surface area contributed by atoms with E-state index in [1.54, 1.807) is 12.3 Å². The van der Waals surface area contributed by atoms with E-state index < -0.39 is 29.6 Å². The number of nitrogens with zero attached hydrogens (tertiary/aromatic N) is 2. The van der Waals surface area contributed by atoms with Crippen molar-refractivity contribution in [2.45, 2.75) is 31.8 Å². The van der Waals surface area contributed by atoms with Crippen molar-refractivity contribution in [2.75, 3.05) is 36.9 Å². The number of anilines is 2. The van der Waals surface area contributed by atoms with Gasteiger partial charge in [0.25, 0.3) is 5.91 Å². The van der Waals surface area contributed by atoms with Crippen molar-refractivity contribution < 1.29 is 14.7 Å². The first-order valence-corrected chi connectivity index (χ1v) is 10.4. The van der Waals surface area contributed by atoms with Crippen molar-refractivity contribution in [1.29, 1.82) is 0 Å². The summed E-state index contributed by atoms with van der Waals surface area (Å²) in [5, 5.41) is 17.5. The Kier molecular flexibility index (Phi) is 9.47. The van der Waals surface area contributed by atoms with Crippen molar-refractivity contribution in [3.63, 3.8) is 0 Å². The van der Waals surface area contributed by atoms with Gasteiger partial charge in [0, 0.05) is 24.0 Å². The van der Waals surface area contributed by atoms with Gasteiger partial charge in [0.15, 0.2) is 0 Å². The fourth-order valence-corrected chi connectivity index (χ4v) is 2.63. The summed E-state index contributed by atoms with van der Waals surface area (Å²) >= 11 is 0. The number of carbonyl (C=O) groups is 2. The first kappa shape index (κ1) is 25.1. The lowest BCUT2D eigenvalue weighted by Gasteiger charge is -2.20. The molecule has 1 aromatic heterocycles. The molecule has 174 valence electrons. The minimum atomic E-state index is -1.41. The molecule has 0 aliphatic rings. The number of aliphatic hydroxyl groups excluding tert-OH is 1. The molecule has 2 aromatic rings. The van der Waals surface area contributed by atoms with E-state index >= 15 is 0 Å². The Labute approximate surface area is 186 Å². The van der Waals surface area contributed by atoms with Crippen LogP contribution < -0.4 is 33.1 Å². The molecule has 1 atom stereocenters. The predicted molar refractivity (Wildman–Crippen MR) is 122 cm³/mol. The molecular formula is C21H31N7O4. The number of aromatic nitrogens is 2. The van der Waals surface area contributed by atoms with Crippen LogP contribution in [-0.4, -0.2) is 58.3 Å². The molecule has 1 aromatic carbocycles. The van der Waals surface area contributed by atoms with Gasteiger partial charge in [0.1, 0.15) is 11.4 Å². The summed E-state index contributed by atoms with van der Waals surface area (Å²) in [7, 11) is 0. The van der Waals surface area contributed by atoms with E-state index in [1.165, 1.54) is 35.8 Å². The number of hydrogen-bond acceptors (Lipinski definition) is 8. The highest BCUT2D eigenvalue weighted by Gasteiger charge is 2.27. The lowest BCUT2D eigenvalue weighted by Crippen LogP contribution is -2.51.